The summed E-state index contributed by atoms with van der Waals surface area (Å²) in [6, 6.07) is -0.976. The van der Waals surface area contributed by atoms with Gasteiger partial charge in [-0.1, -0.05) is 31.8 Å². The SMILES string of the molecule is CCCCOC[C@H](N=[N+]=[N-])C(O)OC(COC(=O)C(C)=O)[C@H](C)OCCCC. The van der Waals surface area contributed by atoms with Crippen LogP contribution < -0.4 is 0 Å². The van der Waals surface area contributed by atoms with Crippen LogP contribution in [0.1, 0.15) is 53.4 Å². The molecule has 2 unspecified atom stereocenters. The Labute approximate surface area is 166 Å². The number of carbonyl (C=O) groups excluding carboxylic acids is 2. The van der Waals surface area contributed by atoms with Crippen LogP contribution in [-0.4, -0.2) is 67.8 Å². The van der Waals surface area contributed by atoms with Gasteiger partial charge in [-0.15, -0.1) is 0 Å². The van der Waals surface area contributed by atoms with E-state index < -0.39 is 36.3 Å². The quantitative estimate of drug-likeness (QED) is 0.0748. The van der Waals surface area contributed by atoms with Crippen molar-refractivity contribution >= 4 is 11.8 Å². The van der Waals surface area contributed by atoms with Gasteiger partial charge in [-0.05, 0) is 25.3 Å². The molecule has 0 bridgehead atoms. The number of nitrogens with zero attached hydrogens (tertiary/aromatic N) is 3. The molecule has 0 radical (unpaired) electrons. The van der Waals surface area contributed by atoms with E-state index in [1.165, 1.54) is 0 Å². The largest absolute Gasteiger partial charge is 0.457 e. The third-order valence-electron chi connectivity index (χ3n) is 3.84. The molecule has 0 aliphatic rings. The second-order valence-electron chi connectivity index (χ2n) is 6.35. The van der Waals surface area contributed by atoms with E-state index in [1.807, 2.05) is 13.8 Å². The van der Waals surface area contributed by atoms with Gasteiger partial charge < -0.3 is 24.1 Å². The highest BCUT2D eigenvalue weighted by atomic mass is 16.6. The van der Waals surface area contributed by atoms with Gasteiger partial charge in [0.05, 0.1) is 12.7 Å². The second kappa shape index (κ2) is 16.3. The first-order valence-electron chi connectivity index (χ1n) is 9.62. The van der Waals surface area contributed by atoms with Crippen molar-refractivity contribution in [2.45, 2.75) is 77.9 Å². The third kappa shape index (κ3) is 11.9. The monoisotopic (exact) mass is 403 g/mol. The number of rotatable bonds is 17. The molecule has 28 heavy (non-hydrogen) atoms. The van der Waals surface area contributed by atoms with Crippen molar-refractivity contribution < 1.29 is 33.6 Å². The normalized spacial score (nSPS) is 15.2. The summed E-state index contributed by atoms with van der Waals surface area (Å²) < 4.78 is 21.5. The van der Waals surface area contributed by atoms with E-state index in [2.05, 4.69) is 10.0 Å². The Morgan fingerprint density at radius 1 is 1.14 bits per heavy atom. The van der Waals surface area contributed by atoms with Crippen molar-refractivity contribution in [1.82, 2.24) is 0 Å². The van der Waals surface area contributed by atoms with Crippen LogP contribution in [-0.2, 0) is 28.5 Å². The maximum Gasteiger partial charge on any atom is 0.374 e. The topological polar surface area (TPSA) is 140 Å². The Hall–Kier alpha value is -1.71. The lowest BCUT2D eigenvalue weighted by Gasteiger charge is -2.28. The molecule has 4 atom stereocenters. The van der Waals surface area contributed by atoms with Crippen molar-refractivity contribution in [1.29, 1.82) is 0 Å². The minimum Gasteiger partial charge on any atom is -0.457 e. The number of hydrogen-bond acceptors (Lipinski definition) is 8. The Bertz CT molecular complexity index is 498. The Kier molecular flexibility index (Phi) is 15.3. The van der Waals surface area contributed by atoms with Crippen LogP contribution in [0.4, 0.5) is 0 Å². The first-order valence-corrected chi connectivity index (χ1v) is 9.62. The molecule has 0 amide bonds. The summed E-state index contributed by atoms with van der Waals surface area (Å²) in [5.41, 5.74) is 8.72. The molecule has 0 heterocycles. The number of carbonyl (C=O) groups is 2. The number of esters is 1. The molecule has 10 nitrogen and oxygen atoms in total. The molecule has 0 fully saturated rings. The molecule has 0 aliphatic carbocycles. The van der Waals surface area contributed by atoms with E-state index in [0.29, 0.717) is 13.2 Å². The second-order valence-corrected chi connectivity index (χ2v) is 6.35. The zero-order chi connectivity index (χ0) is 21.4. The summed E-state index contributed by atoms with van der Waals surface area (Å²) in [6.07, 6.45) is 0.674. The number of aliphatic hydroxyl groups is 1. The number of ether oxygens (including phenoxy) is 4. The Morgan fingerprint density at radius 3 is 2.36 bits per heavy atom. The molecule has 10 heteroatoms. The molecule has 0 rings (SSSR count). The maximum absolute atomic E-state index is 11.4. The first kappa shape index (κ1) is 26.3. The van der Waals surface area contributed by atoms with Gasteiger partial charge in [0.15, 0.2) is 6.29 Å². The fourth-order valence-electron chi connectivity index (χ4n) is 2.03. The van der Waals surface area contributed by atoms with Gasteiger partial charge in [-0.25, -0.2) is 4.79 Å². The molecular weight excluding hydrogens is 370 g/mol. The molecule has 0 aromatic carbocycles. The maximum atomic E-state index is 11.4. The molecule has 0 aliphatic heterocycles. The van der Waals surface area contributed by atoms with Crippen LogP contribution in [0.15, 0.2) is 5.11 Å². The lowest BCUT2D eigenvalue weighted by Crippen LogP contribution is -2.42. The van der Waals surface area contributed by atoms with Crippen molar-refractivity contribution in [2.24, 2.45) is 5.11 Å². The van der Waals surface area contributed by atoms with Crippen LogP contribution in [0, 0.1) is 0 Å². The number of azide groups is 1. The number of aliphatic hydroxyl groups excluding tert-OH is 1. The van der Waals surface area contributed by atoms with E-state index in [4.69, 9.17) is 24.5 Å². The van der Waals surface area contributed by atoms with Gasteiger partial charge in [-0.3, -0.25) is 4.79 Å². The van der Waals surface area contributed by atoms with Gasteiger partial charge in [0, 0.05) is 25.0 Å². The van der Waals surface area contributed by atoms with E-state index >= 15 is 0 Å². The van der Waals surface area contributed by atoms with Crippen LogP contribution in [0.25, 0.3) is 10.4 Å². The van der Waals surface area contributed by atoms with Crippen molar-refractivity contribution in [2.75, 3.05) is 26.4 Å². The van der Waals surface area contributed by atoms with Crippen LogP contribution in [0.2, 0.25) is 0 Å². The molecule has 0 aromatic heterocycles. The predicted octanol–water partition coefficient (Wildman–Crippen LogP) is 2.52. The van der Waals surface area contributed by atoms with E-state index in [-0.39, 0.29) is 13.2 Å². The number of ketones is 1. The Balaban J connectivity index is 4.93. The van der Waals surface area contributed by atoms with Crippen LogP contribution >= 0.6 is 0 Å². The summed E-state index contributed by atoms with van der Waals surface area (Å²) in [5.74, 6) is -1.74. The average molecular weight is 403 g/mol. The molecule has 0 aromatic rings. The summed E-state index contributed by atoms with van der Waals surface area (Å²) in [7, 11) is 0. The summed E-state index contributed by atoms with van der Waals surface area (Å²) >= 11 is 0. The number of unbranched alkanes of at least 4 members (excludes halogenated alkanes) is 2. The minimum absolute atomic E-state index is 0.0176. The molecular formula is C18H33N3O7. The smallest absolute Gasteiger partial charge is 0.374 e. The highest BCUT2D eigenvalue weighted by Gasteiger charge is 2.28. The molecule has 0 saturated heterocycles. The molecule has 162 valence electrons. The van der Waals surface area contributed by atoms with Gasteiger partial charge in [0.25, 0.3) is 0 Å². The van der Waals surface area contributed by atoms with Gasteiger partial charge in [-0.2, -0.15) is 0 Å². The van der Waals surface area contributed by atoms with Gasteiger partial charge >= 0.3 is 5.97 Å². The van der Waals surface area contributed by atoms with E-state index in [9.17, 15) is 14.7 Å². The van der Waals surface area contributed by atoms with Gasteiger partial charge in [0.2, 0.25) is 5.78 Å². The van der Waals surface area contributed by atoms with Crippen LogP contribution in [0.3, 0.4) is 0 Å². The first-order chi connectivity index (χ1) is 13.4. The molecule has 0 spiro atoms. The summed E-state index contributed by atoms with van der Waals surface area (Å²) in [4.78, 5) is 25.2. The fourth-order valence-corrected chi connectivity index (χ4v) is 2.03. The number of hydrogen-bond donors (Lipinski definition) is 1. The third-order valence-corrected chi connectivity index (χ3v) is 3.84. The van der Waals surface area contributed by atoms with Gasteiger partial charge in [0.1, 0.15) is 18.8 Å². The summed E-state index contributed by atoms with van der Waals surface area (Å²) in [6.45, 7) is 7.46. The van der Waals surface area contributed by atoms with Crippen molar-refractivity contribution in [3.63, 3.8) is 0 Å². The predicted molar refractivity (Wildman–Crippen MR) is 102 cm³/mol. The van der Waals surface area contributed by atoms with E-state index in [1.54, 1.807) is 6.92 Å². The highest BCUT2D eigenvalue weighted by molar-refractivity contribution is 6.32. The fraction of sp³-hybridized carbons (Fsp3) is 0.889. The Morgan fingerprint density at radius 2 is 1.79 bits per heavy atom. The minimum atomic E-state index is -1.49. The number of Topliss-reactive ketones (excluding diaryl/α,β-unsaturated/α-hetero) is 1. The zero-order valence-corrected chi connectivity index (χ0v) is 17.2. The summed E-state index contributed by atoms with van der Waals surface area (Å²) in [5, 5.41) is 13.8. The van der Waals surface area contributed by atoms with Crippen LogP contribution in [0.5, 0.6) is 0 Å². The highest BCUT2D eigenvalue weighted by Crippen LogP contribution is 2.13. The standard InChI is InChI=1S/C18H33N3O7/c1-5-7-9-25-11-15(20-21-19)18(24)28-16(12-27-17(23)13(3)22)14(4)26-10-8-6-2/h14-16,18,24H,5-12H2,1-4H3/t14-,15-,16?,18?/m0/s1. The van der Waals surface area contributed by atoms with E-state index in [0.717, 1.165) is 32.6 Å². The average Bonchev–Trinajstić information content (AvgIpc) is 2.66. The molecule has 1 N–H and O–H groups in total. The van der Waals surface area contributed by atoms with Crippen molar-refractivity contribution in [3.8, 4) is 0 Å². The van der Waals surface area contributed by atoms with Crippen molar-refractivity contribution in [3.05, 3.63) is 10.4 Å². The zero-order valence-electron chi connectivity index (χ0n) is 17.2. The lowest BCUT2D eigenvalue weighted by molar-refractivity contribution is -0.200. The molecule has 0 saturated carbocycles. The lowest BCUT2D eigenvalue weighted by atomic mass is 10.2.